The average molecular weight is 306 g/mol. The van der Waals surface area contributed by atoms with Gasteiger partial charge in [-0.2, -0.15) is 0 Å². The molecule has 0 fully saturated rings. The van der Waals surface area contributed by atoms with Crippen LogP contribution >= 0.6 is 15.9 Å². The number of ether oxygens (including phenoxy) is 1. The third-order valence-electron chi connectivity index (χ3n) is 3.63. The van der Waals surface area contributed by atoms with Crippen molar-refractivity contribution >= 4 is 32.4 Å². The van der Waals surface area contributed by atoms with Crippen LogP contribution in [0.2, 0.25) is 0 Å². The fraction of sp³-hybridized carbons (Fsp3) is 0.333. The Bertz CT molecular complexity index is 639. The third-order valence-corrected chi connectivity index (χ3v) is 4.12. The van der Waals surface area contributed by atoms with Gasteiger partial charge in [0.25, 0.3) is 0 Å². The zero-order valence-corrected chi connectivity index (χ0v) is 12.3. The number of allylic oxidation sites excluding steroid dienone is 1. The second-order valence-corrected chi connectivity index (χ2v) is 5.69. The Morgan fingerprint density at radius 3 is 3.00 bits per heavy atom. The van der Waals surface area contributed by atoms with Crippen LogP contribution in [-0.2, 0) is 18.4 Å². The molecule has 0 N–H and O–H groups in total. The van der Waals surface area contributed by atoms with E-state index in [1.54, 1.807) is 0 Å². The molecular formula is C15H16BrNO. The molecule has 1 aromatic carbocycles. The van der Waals surface area contributed by atoms with Crippen LogP contribution in [0.5, 0.6) is 0 Å². The van der Waals surface area contributed by atoms with Crippen LogP contribution in [0.25, 0.3) is 16.5 Å². The van der Waals surface area contributed by atoms with Gasteiger partial charge in [0, 0.05) is 28.0 Å². The summed E-state index contributed by atoms with van der Waals surface area (Å²) in [6.07, 6.45) is 3.27. The van der Waals surface area contributed by atoms with Crippen molar-refractivity contribution < 1.29 is 4.74 Å². The monoisotopic (exact) mass is 305 g/mol. The molecule has 2 heterocycles. The van der Waals surface area contributed by atoms with E-state index < -0.39 is 0 Å². The molecule has 0 aliphatic carbocycles. The Hall–Kier alpha value is -1.06. The predicted molar refractivity (Wildman–Crippen MR) is 78.5 cm³/mol. The molecule has 2 nitrogen and oxygen atoms in total. The number of aromatic nitrogens is 1. The summed E-state index contributed by atoms with van der Waals surface area (Å²) < 4.78 is 9.09. The number of fused-ring (bicyclic) bond motifs is 3. The van der Waals surface area contributed by atoms with E-state index in [0.717, 1.165) is 17.5 Å². The summed E-state index contributed by atoms with van der Waals surface area (Å²) in [4.78, 5) is 0. The SMILES string of the molecule is C/C1=C/CCOCc2c1c1cc(Br)ccc1n2C. The van der Waals surface area contributed by atoms with Gasteiger partial charge in [-0.15, -0.1) is 0 Å². The minimum absolute atomic E-state index is 0.698. The molecule has 3 heteroatoms. The molecule has 94 valence electrons. The van der Waals surface area contributed by atoms with Gasteiger partial charge < -0.3 is 9.30 Å². The largest absolute Gasteiger partial charge is 0.375 e. The van der Waals surface area contributed by atoms with Gasteiger partial charge in [0.05, 0.1) is 18.9 Å². The van der Waals surface area contributed by atoms with Crippen LogP contribution in [0.4, 0.5) is 0 Å². The zero-order chi connectivity index (χ0) is 12.7. The lowest BCUT2D eigenvalue weighted by atomic mass is 10.0. The summed E-state index contributed by atoms with van der Waals surface area (Å²) >= 11 is 3.56. The van der Waals surface area contributed by atoms with E-state index in [1.165, 1.54) is 27.7 Å². The quantitative estimate of drug-likeness (QED) is 0.709. The highest BCUT2D eigenvalue weighted by molar-refractivity contribution is 9.10. The van der Waals surface area contributed by atoms with Gasteiger partial charge in [0.2, 0.25) is 0 Å². The number of aryl methyl sites for hydroxylation is 1. The van der Waals surface area contributed by atoms with E-state index in [0.29, 0.717) is 6.61 Å². The summed E-state index contributed by atoms with van der Waals surface area (Å²) in [5.74, 6) is 0. The Morgan fingerprint density at radius 1 is 1.33 bits per heavy atom. The number of benzene rings is 1. The minimum atomic E-state index is 0.698. The Morgan fingerprint density at radius 2 is 2.17 bits per heavy atom. The predicted octanol–water partition coefficient (Wildman–Crippen LogP) is 4.26. The van der Waals surface area contributed by atoms with Crippen molar-refractivity contribution in [3.05, 3.63) is 40.0 Å². The highest BCUT2D eigenvalue weighted by atomic mass is 79.9. The highest BCUT2D eigenvalue weighted by Gasteiger charge is 2.17. The molecule has 1 aliphatic heterocycles. The van der Waals surface area contributed by atoms with E-state index in [4.69, 9.17) is 4.74 Å². The molecule has 1 aromatic heterocycles. The van der Waals surface area contributed by atoms with Crippen LogP contribution in [-0.4, -0.2) is 11.2 Å². The maximum Gasteiger partial charge on any atom is 0.0874 e. The Labute approximate surface area is 115 Å². The molecular weight excluding hydrogens is 290 g/mol. The summed E-state index contributed by atoms with van der Waals surface area (Å²) in [5, 5.41) is 1.31. The molecule has 0 atom stereocenters. The highest BCUT2D eigenvalue weighted by Crippen LogP contribution is 2.34. The van der Waals surface area contributed by atoms with Gasteiger partial charge in [0.1, 0.15) is 0 Å². The first-order chi connectivity index (χ1) is 8.68. The first-order valence-electron chi connectivity index (χ1n) is 6.20. The maximum absolute atomic E-state index is 5.71. The van der Waals surface area contributed by atoms with E-state index in [1.807, 2.05) is 0 Å². The molecule has 2 aromatic rings. The normalized spacial score (nSPS) is 18.9. The maximum atomic E-state index is 5.71. The van der Waals surface area contributed by atoms with E-state index in [9.17, 15) is 0 Å². The van der Waals surface area contributed by atoms with Crippen molar-refractivity contribution in [2.45, 2.75) is 20.0 Å². The van der Waals surface area contributed by atoms with Gasteiger partial charge in [-0.3, -0.25) is 0 Å². The third kappa shape index (κ3) is 1.82. The number of hydrogen-bond donors (Lipinski definition) is 0. The minimum Gasteiger partial charge on any atom is -0.375 e. The lowest BCUT2D eigenvalue weighted by Gasteiger charge is -2.12. The molecule has 18 heavy (non-hydrogen) atoms. The Kier molecular flexibility index (Phi) is 3.04. The van der Waals surface area contributed by atoms with E-state index in [-0.39, 0.29) is 0 Å². The molecule has 3 rings (SSSR count). The van der Waals surface area contributed by atoms with Gasteiger partial charge in [-0.25, -0.2) is 0 Å². The van der Waals surface area contributed by atoms with Gasteiger partial charge in [-0.05, 0) is 37.1 Å². The molecule has 0 radical (unpaired) electrons. The lowest BCUT2D eigenvalue weighted by molar-refractivity contribution is 0.120. The fourth-order valence-electron chi connectivity index (χ4n) is 2.71. The number of halogens is 1. The molecule has 1 aliphatic rings. The second kappa shape index (κ2) is 4.56. The van der Waals surface area contributed by atoms with Crippen molar-refractivity contribution in [1.82, 2.24) is 4.57 Å². The van der Waals surface area contributed by atoms with Crippen molar-refractivity contribution in [3.63, 3.8) is 0 Å². The zero-order valence-electron chi connectivity index (χ0n) is 10.7. The molecule has 0 saturated heterocycles. The molecule has 0 spiro atoms. The van der Waals surface area contributed by atoms with Crippen molar-refractivity contribution in [2.24, 2.45) is 7.05 Å². The number of nitrogens with zero attached hydrogens (tertiary/aromatic N) is 1. The van der Waals surface area contributed by atoms with Crippen molar-refractivity contribution in [3.8, 4) is 0 Å². The molecule has 0 bridgehead atoms. The topological polar surface area (TPSA) is 14.2 Å². The molecule has 0 unspecified atom stereocenters. The summed E-state index contributed by atoms with van der Waals surface area (Å²) in [7, 11) is 2.12. The average Bonchev–Trinajstić information content (AvgIpc) is 2.58. The number of rotatable bonds is 0. The lowest BCUT2D eigenvalue weighted by Crippen LogP contribution is -2.05. The van der Waals surface area contributed by atoms with Gasteiger partial charge in [-0.1, -0.05) is 22.0 Å². The van der Waals surface area contributed by atoms with Gasteiger partial charge in [0.15, 0.2) is 0 Å². The number of hydrogen-bond acceptors (Lipinski definition) is 1. The molecule has 0 amide bonds. The van der Waals surface area contributed by atoms with Crippen LogP contribution in [0.15, 0.2) is 28.7 Å². The Balaban J connectivity index is 2.38. The van der Waals surface area contributed by atoms with Crippen molar-refractivity contribution in [1.29, 1.82) is 0 Å². The first kappa shape index (κ1) is 12.0. The van der Waals surface area contributed by atoms with Crippen LogP contribution in [0.1, 0.15) is 24.6 Å². The van der Waals surface area contributed by atoms with E-state index in [2.05, 4.69) is 58.7 Å². The van der Waals surface area contributed by atoms with Crippen molar-refractivity contribution in [2.75, 3.05) is 6.61 Å². The first-order valence-corrected chi connectivity index (χ1v) is 6.99. The smallest absolute Gasteiger partial charge is 0.0874 e. The van der Waals surface area contributed by atoms with Gasteiger partial charge >= 0.3 is 0 Å². The fourth-order valence-corrected chi connectivity index (χ4v) is 3.07. The summed E-state index contributed by atoms with van der Waals surface area (Å²) in [6, 6.07) is 6.46. The van der Waals surface area contributed by atoms with Crippen LogP contribution < -0.4 is 0 Å². The van der Waals surface area contributed by atoms with Crippen LogP contribution in [0, 0.1) is 0 Å². The standard InChI is InChI=1S/C15H16BrNO/c1-10-4-3-7-18-9-14-15(10)12-8-11(16)5-6-13(12)17(14)2/h4-6,8H,3,7,9H2,1-2H3/b10-4-. The van der Waals surface area contributed by atoms with E-state index >= 15 is 0 Å². The summed E-state index contributed by atoms with van der Waals surface area (Å²) in [6.45, 7) is 3.70. The van der Waals surface area contributed by atoms with Crippen LogP contribution in [0.3, 0.4) is 0 Å². The second-order valence-electron chi connectivity index (χ2n) is 4.77. The summed E-state index contributed by atoms with van der Waals surface area (Å²) in [5.41, 5.74) is 5.24. The molecule has 0 saturated carbocycles.